The highest BCUT2D eigenvalue weighted by Gasteiger charge is 2.14. The summed E-state index contributed by atoms with van der Waals surface area (Å²) in [6.07, 6.45) is 0. The van der Waals surface area contributed by atoms with Crippen LogP contribution in [0.5, 0.6) is 5.75 Å². The normalized spacial score (nSPS) is 10.1. The Morgan fingerprint density at radius 2 is 1.77 bits per heavy atom. The summed E-state index contributed by atoms with van der Waals surface area (Å²) in [5.41, 5.74) is 2.12. The molecule has 0 aliphatic carbocycles. The molecule has 0 heterocycles. The van der Waals surface area contributed by atoms with Crippen LogP contribution in [0.25, 0.3) is 0 Å². The third-order valence-corrected chi connectivity index (χ3v) is 4.36. The highest BCUT2D eigenvalue weighted by atomic mass is 127. The molecule has 5 heteroatoms. The number of carbonyl (C=O) groups excluding carboxylic acids is 1. The zero-order valence-electron chi connectivity index (χ0n) is 12.6. The molecule has 2 aromatic rings. The average Bonchev–Trinajstić information content (AvgIpc) is 2.56. The summed E-state index contributed by atoms with van der Waals surface area (Å²) >= 11 is 2.30. The van der Waals surface area contributed by atoms with Gasteiger partial charge in [0.1, 0.15) is 12.3 Å². The largest absolute Gasteiger partial charge is 0.497 e. The van der Waals surface area contributed by atoms with Gasteiger partial charge < -0.3 is 14.4 Å². The van der Waals surface area contributed by atoms with Crippen LogP contribution in [0.15, 0.2) is 48.5 Å². The summed E-state index contributed by atoms with van der Waals surface area (Å²) in [5, 5.41) is 0. The van der Waals surface area contributed by atoms with Gasteiger partial charge in [0, 0.05) is 15.8 Å². The van der Waals surface area contributed by atoms with E-state index in [9.17, 15) is 4.79 Å². The van der Waals surface area contributed by atoms with Gasteiger partial charge in [-0.05, 0) is 58.5 Å². The second-order valence-corrected chi connectivity index (χ2v) is 5.88. The van der Waals surface area contributed by atoms with Gasteiger partial charge in [-0.15, -0.1) is 0 Å². The fourth-order valence-corrected chi connectivity index (χ4v) is 2.64. The molecule has 0 N–H and O–H groups in total. The minimum atomic E-state index is -0.262. The molecule has 0 saturated carbocycles. The van der Waals surface area contributed by atoms with Gasteiger partial charge in [-0.3, -0.25) is 4.79 Å². The van der Waals surface area contributed by atoms with Crippen LogP contribution in [0.1, 0.15) is 5.56 Å². The van der Waals surface area contributed by atoms with Crippen LogP contribution in [0.3, 0.4) is 0 Å². The maximum atomic E-state index is 11.7. The third-order valence-electron chi connectivity index (χ3n) is 3.30. The Balaban J connectivity index is 2.25. The number of carbonyl (C=O) groups is 1. The van der Waals surface area contributed by atoms with Crippen LogP contribution in [-0.2, 0) is 16.1 Å². The summed E-state index contributed by atoms with van der Waals surface area (Å²) in [5.74, 6) is 0.526. The molecule has 0 fully saturated rings. The number of methoxy groups -OCH3 is 2. The number of rotatable bonds is 6. The van der Waals surface area contributed by atoms with Crippen molar-refractivity contribution in [3.05, 3.63) is 57.7 Å². The van der Waals surface area contributed by atoms with Crippen molar-refractivity contribution in [3.63, 3.8) is 0 Å². The van der Waals surface area contributed by atoms with Gasteiger partial charge in [0.05, 0.1) is 14.2 Å². The van der Waals surface area contributed by atoms with Crippen molar-refractivity contribution in [2.75, 3.05) is 25.7 Å². The number of anilines is 1. The lowest BCUT2D eigenvalue weighted by atomic mass is 10.2. The van der Waals surface area contributed by atoms with E-state index in [0.29, 0.717) is 6.54 Å². The molecule has 0 spiro atoms. The summed E-state index contributed by atoms with van der Waals surface area (Å²) in [4.78, 5) is 13.7. The van der Waals surface area contributed by atoms with Gasteiger partial charge in [-0.25, -0.2) is 0 Å². The molecule has 2 aromatic carbocycles. The summed E-state index contributed by atoms with van der Waals surface area (Å²) in [6, 6.07) is 15.8. The van der Waals surface area contributed by atoms with E-state index < -0.39 is 0 Å². The number of hydrogen-bond donors (Lipinski definition) is 0. The Bertz CT molecular complexity index is 628. The average molecular weight is 411 g/mol. The van der Waals surface area contributed by atoms with E-state index in [0.717, 1.165) is 11.4 Å². The van der Waals surface area contributed by atoms with E-state index in [4.69, 9.17) is 9.47 Å². The Morgan fingerprint density at radius 3 is 2.36 bits per heavy atom. The highest BCUT2D eigenvalue weighted by molar-refractivity contribution is 14.1. The first-order valence-corrected chi connectivity index (χ1v) is 7.91. The molecule has 116 valence electrons. The number of ether oxygens (including phenoxy) is 2. The molecule has 22 heavy (non-hydrogen) atoms. The predicted octanol–water partition coefficient (Wildman–Crippen LogP) is 3.48. The van der Waals surface area contributed by atoms with Gasteiger partial charge >= 0.3 is 5.97 Å². The van der Waals surface area contributed by atoms with E-state index in [-0.39, 0.29) is 12.5 Å². The summed E-state index contributed by atoms with van der Waals surface area (Å²) < 4.78 is 11.2. The second kappa shape index (κ2) is 8.03. The maximum absolute atomic E-state index is 11.7. The van der Waals surface area contributed by atoms with Crippen LogP contribution in [0.4, 0.5) is 5.69 Å². The molecule has 0 aliphatic heterocycles. The molecular formula is C17H18INO3. The first-order valence-electron chi connectivity index (χ1n) is 6.83. The number of hydrogen-bond acceptors (Lipinski definition) is 4. The summed E-state index contributed by atoms with van der Waals surface area (Å²) in [6.45, 7) is 0.842. The molecule has 0 aliphatic rings. The van der Waals surface area contributed by atoms with E-state index in [1.165, 1.54) is 16.2 Å². The van der Waals surface area contributed by atoms with Crippen molar-refractivity contribution in [1.29, 1.82) is 0 Å². The van der Waals surface area contributed by atoms with Crippen LogP contribution in [0, 0.1) is 3.57 Å². The van der Waals surface area contributed by atoms with Gasteiger partial charge in [0.2, 0.25) is 0 Å². The number of esters is 1. The van der Waals surface area contributed by atoms with E-state index >= 15 is 0 Å². The van der Waals surface area contributed by atoms with Crippen LogP contribution < -0.4 is 9.64 Å². The zero-order chi connectivity index (χ0) is 15.9. The lowest BCUT2D eigenvalue weighted by Crippen LogP contribution is -2.30. The van der Waals surface area contributed by atoms with Crippen LogP contribution in [-0.4, -0.2) is 26.7 Å². The molecule has 0 radical (unpaired) electrons. The van der Waals surface area contributed by atoms with E-state index in [2.05, 4.69) is 34.7 Å². The number of halogens is 1. The molecule has 0 atom stereocenters. The third kappa shape index (κ3) is 4.37. The molecule has 4 nitrogen and oxygen atoms in total. The molecule has 0 bridgehead atoms. The first-order chi connectivity index (χ1) is 10.6. The maximum Gasteiger partial charge on any atom is 0.325 e. The summed E-state index contributed by atoms with van der Waals surface area (Å²) in [7, 11) is 3.04. The molecular weight excluding hydrogens is 393 g/mol. The monoisotopic (exact) mass is 411 g/mol. The number of benzene rings is 2. The standard InChI is InChI=1S/C17H18INO3/c1-21-15-9-7-14(8-10-15)19(12-17(20)22-2)11-13-5-3-4-6-16(13)18/h3-10H,11-12H2,1-2H3. The van der Waals surface area contributed by atoms with Crippen molar-refractivity contribution in [2.24, 2.45) is 0 Å². The van der Waals surface area contributed by atoms with E-state index in [1.54, 1.807) is 7.11 Å². The molecule has 0 amide bonds. The Morgan fingerprint density at radius 1 is 1.09 bits per heavy atom. The van der Waals surface area contributed by atoms with Crippen molar-refractivity contribution in [2.45, 2.75) is 6.54 Å². The van der Waals surface area contributed by atoms with Gasteiger partial charge in [0.15, 0.2) is 0 Å². The predicted molar refractivity (Wildman–Crippen MR) is 95.2 cm³/mol. The zero-order valence-corrected chi connectivity index (χ0v) is 14.7. The molecule has 0 saturated heterocycles. The lowest BCUT2D eigenvalue weighted by Gasteiger charge is -2.24. The lowest BCUT2D eigenvalue weighted by molar-refractivity contribution is -0.138. The fraction of sp³-hybridized carbons (Fsp3) is 0.235. The van der Waals surface area contributed by atoms with Crippen molar-refractivity contribution < 1.29 is 14.3 Å². The second-order valence-electron chi connectivity index (χ2n) is 4.72. The SMILES string of the molecule is COC(=O)CN(Cc1ccccc1I)c1ccc(OC)cc1. The van der Waals surface area contributed by atoms with E-state index in [1.807, 2.05) is 41.3 Å². The van der Waals surface area contributed by atoms with Gasteiger partial charge in [0.25, 0.3) is 0 Å². The molecule has 0 unspecified atom stereocenters. The quantitative estimate of drug-likeness (QED) is 0.539. The first kappa shape index (κ1) is 16.6. The van der Waals surface area contributed by atoms with Gasteiger partial charge in [-0.2, -0.15) is 0 Å². The highest BCUT2D eigenvalue weighted by Crippen LogP contribution is 2.22. The van der Waals surface area contributed by atoms with Crippen LogP contribution in [0.2, 0.25) is 0 Å². The number of nitrogens with zero attached hydrogens (tertiary/aromatic N) is 1. The Kier molecular flexibility index (Phi) is 6.06. The Hall–Kier alpha value is -1.76. The smallest absolute Gasteiger partial charge is 0.325 e. The fourth-order valence-electron chi connectivity index (χ4n) is 2.08. The topological polar surface area (TPSA) is 38.8 Å². The minimum Gasteiger partial charge on any atom is -0.497 e. The van der Waals surface area contributed by atoms with Crippen molar-refractivity contribution in [1.82, 2.24) is 0 Å². The molecule has 0 aromatic heterocycles. The molecule has 2 rings (SSSR count). The minimum absolute atomic E-state index is 0.202. The van der Waals surface area contributed by atoms with Crippen LogP contribution >= 0.6 is 22.6 Å². The van der Waals surface area contributed by atoms with Crippen molar-refractivity contribution >= 4 is 34.2 Å². The van der Waals surface area contributed by atoms with Crippen molar-refractivity contribution in [3.8, 4) is 5.75 Å². The Labute approximate surface area is 144 Å². The van der Waals surface area contributed by atoms with Gasteiger partial charge in [-0.1, -0.05) is 18.2 Å².